The Morgan fingerprint density at radius 1 is 0.704 bits per heavy atom. The first-order chi connectivity index (χ1) is 13.4. The second-order valence-electron chi connectivity index (χ2n) is 7.12. The van der Waals surface area contributed by atoms with Crippen LogP contribution in [0.3, 0.4) is 0 Å². The van der Waals surface area contributed by atoms with Crippen molar-refractivity contribution in [3.8, 4) is 0 Å². The van der Waals surface area contributed by atoms with E-state index in [0.29, 0.717) is 0 Å². The average molecular weight is 344 g/mol. The van der Waals surface area contributed by atoms with Gasteiger partial charge in [0.25, 0.3) is 0 Å². The Labute approximate surface area is 158 Å². The van der Waals surface area contributed by atoms with Gasteiger partial charge >= 0.3 is 6.98 Å². The quantitative estimate of drug-likeness (QED) is 0.490. The van der Waals surface area contributed by atoms with E-state index in [4.69, 9.17) is 0 Å². The van der Waals surface area contributed by atoms with Gasteiger partial charge in [0.15, 0.2) is 0 Å². The lowest BCUT2D eigenvalue weighted by molar-refractivity contribution is 1.37. The zero-order chi connectivity index (χ0) is 17.8. The highest BCUT2D eigenvalue weighted by Gasteiger charge is 2.39. The normalized spacial score (nSPS) is 14.3. The highest BCUT2D eigenvalue weighted by molar-refractivity contribution is 6.84. The largest absolute Gasteiger partial charge is 0.414 e. The van der Waals surface area contributed by atoms with Crippen molar-refractivity contribution >= 4 is 46.4 Å². The summed E-state index contributed by atoms with van der Waals surface area (Å²) < 4.78 is 0. The summed E-state index contributed by atoms with van der Waals surface area (Å²) in [5.74, 6) is 0. The molecule has 0 saturated carbocycles. The third-order valence-corrected chi connectivity index (χ3v) is 5.60. The Balaban J connectivity index is 1.69. The van der Waals surface area contributed by atoms with Crippen molar-refractivity contribution in [3.05, 3.63) is 102 Å². The summed E-state index contributed by atoms with van der Waals surface area (Å²) in [6.45, 7) is 0.0851. The van der Waals surface area contributed by atoms with Crippen molar-refractivity contribution in [3.63, 3.8) is 0 Å². The van der Waals surface area contributed by atoms with E-state index in [0.717, 1.165) is 0 Å². The lowest BCUT2D eigenvalue weighted by Gasteiger charge is -2.42. The van der Waals surface area contributed by atoms with Gasteiger partial charge in [-0.1, -0.05) is 78.9 Å². The molecule has 0 unspecified atom stereocenters. The van der Waals surface area contributed by atoms with Crippen LogP contribution in [-0.2, 0) is 0 Å². The van der Waals surface area contributed by atoms with E-state index in [9.17, 15) is 0 Å². The Morgan fingerprint density at radius 2 is 1.48 bits per heavy atom. The molecule has 126 valence electrons. The van der Waals surface area contributed by atoms with Crippen molar-refractivity contribution in [2.45, 2.75) is 0 Å². The molecule has 0 spiro atoms. The topological polar surface area (TPSA) is 15.3 Å². The molecule has 2 aliphatic heterocycles. The molecule has 2 heterocycles. The van der Waals surface area contributed by atoms with Gasteiger partial charge in [-0.15, -0.1) is 0 Å². The van der Waals surface area contributed by atoms with Crippen LogP contribution in [-0.4, -0.2) is 6.98 Å². The van der Waals surface area contributed by atoms with E-state index in [1.54, 1.807) is 0 Å². The van der Waals surface area contributed by atoms with Crippen LogP contribution in [0.4, 0.5) is 11.4 Å². The van der Waals surface area contributed by atoms with Gasteiger partial charge in [-0.05, 0) is 40.2 Å². The second kappa shape index (κ2) is 5.52. The number of hydrogen-bond donors (Lipinski definition) is 1. The highest BCUT2D eigenvalue weighted by atomic mass is 15.2. The maximum Gasteiger partial charge on any atom is 0.414 e. The van der Waals surface area contributed by atoms with E-state index >= 15 is 0 Å². The summed E-state index contributed by atoms with van der Waals surface area (Å²) in [6, 6.07) is 32.4. The minimum absolute atomic E-state index is 0.0851. The van der Waals surface area contributed by atoms with Crippen LogP contribution in [0.5, 0.6) is 0 Å². The molecule has 0 radical (unpaired) electrons. The molecular formula is C24H17BN2. The number of rotatable bonds is 1. The number of nitrogens with one attached hydrogen (secondary N) is 1. The molecule has 0 aromatic heterocycles. The molecule has 3 heteroatoms. The van der Waals surface area contributed by atoms with Gasteiger partial charge in [-0.25, -0.2) is 0 Å². The Kier molecular flexibility index (Phi) is 3.00. The summed E-state index contributed by atoms with van der Waals surface area (Å²) in [4.78, 5) is 2.45. The Bertz CT molecular complexity index is 1210. The van der Waals surface area contributed by atoms with E-state index < -0.39 is 0 Å². The van der Waals surface area contributed by atoms with Crippen molar-refractivity contribution in [2.24, 2.45) is 0 Å². The van der Waals surface area contributed by atoms with Crippen molar-refractivity contribution in [1.82, 2.24) is 0 Å². The predicted octanol–water partition coefficient (Wildman–Crippen LogP) is 4.98. The van der Waals surface area contributed by atoms with Crippen LogP contribution in [0.1, 0.15) is 11.1 Å². The average Bonchev–Trinajstić information content (AvgIpc) is 2.74. The fraction of sp³-hybridized carbons (Fsp3) is 0. The summed E-state index contributed by atoms with van der Waals surface area (Å²) in [6.07, 6.45) is 2.32. The summed E-state index contributed by atoms with van der Waals surface area (Å²) in [5.41, 5.74) is 7.51. The smallest absolute Gasteiger partial charge is 0.404 e. The van der Waals surface area contributed by atoms with Gasteiger partial charge in [0.1, 0.15) is 0 Å². The molecule has 4 aromatic rings. The molecule has 2 nitrogen and oxygen atoms in total. The fourth-order valence-corrected chi connectivity index (χ4v) is 4.42. The molecule has 6 rings (SSSR count). The Hall–Kier alpha value is -3.46. The van der Waals surface area contributed by atoms with Gasteiger partial charge in [0.05, 0.1) is 0 Å². The van der Waals surface area contributed by atoms with Crippen LogP contribution in [0.25, 0.3) is 22.5 Å². The second-order valence-corrected chi connectivity index (χ2v) is 7.12. The lowest BCUT2D eigenvalue weighted by Crippen LogP contribution is -2.57. The van der Waals surface area contributed by atoms with E-state index in [-0.39, 0.29) is 6.98 Å². The summed E-state index contributed by atoms with van der Waals surface area (Å²) in [5, 5.41) is 6.36. The van der Waals surface area contributed by atoms with Crippen LogP contribution < -0.4 is 15.5 Å². The molecule has 0 bridgehead atoms. The summed E-state index contributed by atoms with van der Waals surface area (Å²) >= 11 is 0. The van der Waals surface area contributed by atoms with E-state index in [1.165, 1.54) is 44.4 Å². The third-order valence-electron chi connectivity index (χ3n) is 5.60. The van der Waals surface area contributed by atoms with E-state index in [1.807, 2.05) is 0 Å². The number of anilines is 2. The van der Waals surface area contributed by atoms with Crippen molar-refractivity contribution in [1.29, 1.82) is 0 Å². The number of hydrogen-bond acceptors (Lipinski definition) is 2. The first-order valence-electron chi connectivity index (χ1n) is 9.34. The zero-order valence-electron chi connectivity index (χ0n) is 14.8. The fourth-order valence-electron chi connectivity index (χ4n) is 4.42. The van der Waals surface area contributed by atoms with Gasteiger partial charge < -0.3 is 10.0 Å². The zero-order valence-corrected chi connectivity index (χ0v) is 14.8. The van der Waals surface area contributed by atoms with Gasteiger partial charge in [0.2, 0.25) is 0 Å². The van der Waals surface area contributed by atoms with Crippen molar-refractivity contribution < 1.29 is 0 Å². The molecule has 0 fully saturated rings. The molecule has 27 heavy (non-hydrogen) atoms. The first-order valence-corrected chi connectivity index (χ1v) is 9.34. The SMILES string of the molecule is C1=C(c2ccccc2)N2B(Nc3cccc4cccc2c34)c2ccccc21. The maximum atomic E-state index is 3.80. The van der Waals surface area contributed by atoms with Crippen LogP contribution in [0.2, 0.25) is 0 Å². The number of fused-ring (bicyclic) bond motifs is 4. The summed E-state index contributed by atoms with van der Waals surface area (Å²) in [7, 11) is 0. The van der Waals surface area contributed by atoms with Gasteiger partial charge in [-0.2, -0.15) is 0 Å². The third kappa shape index (κ3) is 2.09. The molecule has 1 N–H and O–H groups in total. The van der Waals surface area contributed by atoms with Crippen molar-refractivity contribution in [2.75, 3.05) is 10.0 Å². The maximum absolute atomic E-state index is 3.80. The van der Waals surface area contributed by atoms with Gasteiger partial charge in [0, 0.05) is 22.5 Å². The van der Waals surface area contributed by atoms with E-state index in [2.05, 4.69) is 107 Å². The Morgan fingerprint density at radius 3 is 2.37 bits per heavy atom. The molecule has 4 aromatic carbocycles. The van der Waals surface area contributed by atoms with Crippen LogP contribution >= 0.6 is 0 Å². The lowest BCUT2D eigenvalue weighted by atomic mass is 9.59. The molecule has 0 saturated heterocycles. The minimum atomic E-state index is 0.0851. The number of benzene rings is 4. The molecule has 0 atom stereocenters. The minimum Gasteiger partial charge on any atom is -0.404 e. The van der Waals surface area contributed by atoms with Crippen LogP contribution in [0, 0.1) is 0 Å². The predicted molar refractivity (Wildman–Crippen MR) is 116 cm³/mol. The molecular weight excluding hydrogens is 327 g/mol. The molecule has 0 amide bonds. The van der Waals surface area contributed by atoms with Gasteiger partial charge in [-0.3, -0.25) is 0 Å². The first kappa shape index (κ1) is 14.7. The molecule has 0 aliphatic carbocycles. The van der Waals surface area contributed by atoms with Crippen LogP contribution in [0.15, 0.2) is 91.0 Å². The monoisotopic (exact) mass is 344 g/mol. The highest BCUT2D eigenvalue weighted by Crippen LogP contribution is 2.42. The number of nitrogens with zero attached hydrogens (tertiary/aromatic N) is 1. The standard InChI is InChI=1S/C24H17BN2/c1-2-8-17(9-3-1)23-16-19-10-4-5-13-20(19)25-26-21-14-6-11-18-12-7-15-22(24(18)21)27(23)25/h1-16,26H. The molecule has 2 aliphatic rings.